The SMILES string of the molecule is CCOc1ccc(NC(=O)CNCCOC)cc1S(=O)(=O)N1CCCCC1. The predicted molar refractivity (Wildman–Crippen MR) is 104 cm³/mol. The topological polar surface area (TPSA) is 97.0 Å². The Morgan fingerprint density at radius 2 is 1.96 bits per heavy atom. The average Bonchev–Trinajstić information content (AvgIpc) is 2.67. The Hall–Kier alpha value is -1.68. The van der Waals surface area contributed by atoms with E-state index in [1.54, 1.807) is 26.2 Å². The molecule has 1 fully saturated rings. The van der Waals surface area contributed by atoms with Gasteiger partial charge in [-0.05, 0) is 38.0 Å². The van der Waals surface area contributed by atoms with E-state index in [1.165, 1.54) is 10.4 Å². The van der Waals surface area contributed by atoms with Gasteiger partial charge in [0.05, 0.1) is 19.8 Å². The van der Waals surface area contributed by atoms with Crippen LogP contribution in [0.3, 0.4) is 0 Å². The van der Waals surface area contributed by atoms with Crippen LogP contribution in [0.25, 0.3) is 0 Å². The smallest absolute Gasteiger partial charge is 0.246 e. The molecule has 0 saturated carbocycles. The highest BCUT2D eigenvalue weighted by atomic mass is 32.2. The molecule has 1 aliphatic rings. The van der Waals surface area contributed by atoms with Crippen molar-refractivity contribution >= 4 is 21.6 Å². The number of hydrogen-bond donors (Lipinski definition) is 2. The van der Waals surface area contributed by atoms with Crippen molar-refractivity contribution in [1.82, 2.24) is 9.62 Å². The minimum Gasteiger partial charge on any atom is -0.492 e. The molecule has 0 atom stereocenters. The maximum atomic E-state index is 13.1. The molecule has 27 heavy (non-hydrogen) atoms. The number of rotatable bonds is 10. The van der Waals surface area contributed by atoms with Crippen LogP contribution in [0.1, 0.15) is 26.2 Å². The van der Waals surface area contributed by atoms with Crippen molar-refractivity contribution in [3.8, 4) is 5.75 Å². The van der Waals surface area contributed by atoms with E-state index in [9.17, 15) is 13.2 Å². The highest BCUT2D eigenvalue weighted by Crippen LogP contribution is 2.31. The molecule has 1 amide bonds. The van der Waals surface area contributed by atoms with Crippen LogP contribution in [0.15, 0.2) is 23.1 Å². The molecule has 0 spiro atoms. The van der Waals surface area contributed by atoms with Crippen molar-refractivity contribution < 1.29 is 22.7 Å². The van der Waals surface area contributed by atoms with Crippen LogP contribution in [0.2, 0.25) is 0 Å². The molecule has 0 unspecified atom stereocenters. The molecule has 0 bridgehead atoms. The molecule has 1 aromatic carbocycles. The van der Waals surface area contributed by atoms with Gasteiger partial charge in [-0.15, -0.1) is 0 Å². The van der Waals surface area contributed by atoms with Crippen molar-refractivity contribution in [3.05, 3.63) is 18.2 Å². The molecule has 0 aliphatic carbocycles. The van der Waals surface area contributed by atoms with Crippen molar-refractivity contribution in [2.24, 2.45) is 0 Å². The zero-order valence-electron chi connectivity index (χ0n) is 16.0. The molecule has 0 radical (unpaired) electrons. The Balaban J connectivity index is 2.17. The summed E-state index contributed by atoms with van der Waals surface area (Å²) in [6.07, 6.45) is 2.75. The number of amides is 1. The molecule has 1 heterocycles. The van der Waals surface area contributed by atoms with Crippen LogP contribution in [0, 0.1) is 0 Å². The van der Waals surface area contributed by atoms with E-state index in [2.05, 4.69) is 10.6 Å². The second-order valence-electron chi connectivity index (χ2n) is 6.28. The Bertz CT molecular complexity index is 718. The van der Waals surface area contributed by atoms with Crippen LogP contribution >= 0.6 is 0 Å². The number of benzene rings is 1. The highest BCUT2D eigenvalue weighted by Gasteiger charge is 2.29. The van der Waals surface area contributed by atoms with E-state index in [4.69, 9.17) is 9.47 Å². The van der Waals surface area contributed by atoms with E-state index in [0.717, 1.165) is 19.3 Å². The van der Waals surface area contributed by atoms with E-state index in [0.29, 0.717) is 44.3 Å². The maximum Gasteiger partial charge on any atom is 0.246 e. The number of ether oxygens (including phenoxy) is 2. The Morgan fingerprint density at radius 3 is 2.63 bits per heavy atom. The second kappa shape index (κ2) is 10.6. The number of methoxy groups -OCH3 is 1. The summed E-state index contributed by atoms with van der Waals surface area (Å²) in [4.78, 5) is 12.1. The Labute approximate surface area is 161 Å². The fourth-order valence-electron chi connectivity index (χ4n) is 2.89. The van der Waals surface area contributed by atoms with Gasteiger partial charge in [-0.25, -0.2) is 8.42 Å². The van der Waals surface area contributed by atoms with Gasteiger partial charge in [0.15, 0.2) is 0 Å². The van der Waals surface area contributed by atoms with Gasteiger partial charge in [0.25, 0.3) is 0 Å². The lowest BCUT2D eigenvalue weighted by molar-refractivity contribution is -0.115. The van der Waals surface area contributed by atoms with E-state index >= 15 is 0 Å². The van der Waals surface area contributed by atoms with Gasteiger partial charge in [0.1, 0.15) is 10.6 Å². The van der Waals surface area contributed by atoms with Crippen molar-refractivity contribution in [3.63, 3.8) is 0 Å². The van der Waals surface area contributed by atoms with E-state index < -0.39 is 10.0 Å². The minimum atomic E-state index is -3.67. The van der Waals surface area contributed by atoms with Gasteiger partial charge in [0.2, 0.25) is 15.9 Å². The number of nitrogens with one attached hydrogen (secondary N) is 2. The van der Waals surface area contributed by atoms with Gasteiger partial charge < -0.3 is 20.1 Å². The fraction of sp³-hybridized carbons (Fsp3) is 0.611. The van der Waals surface area contributed by atoms with Crippen molar-refractivity contribution in [2.45, 2.75) is 31.1 Å². The maximum absolute atomic E-state index is 13.1. The average molecular weight is 400 g/mol. The van der Waals surface area contributed by atoms with Crippen LogP contribution in [-0.2, 0) is 19.6 Å². The first-order valence-corrected chi connectivity index (χ1v) is 10.7. The normalized spacial score (nSPS) is 15.5. The first kappa shape index (κ1) is 21.6. The summed E-state index contributed by atoms with van der Waals surface area (Å²) >= 11 is 0. The molecule has 152 valence electrons. The molecule has 2 rings (SSSR count). The van der Waals surface area contributed by atoms with Crippen LogP contribution in [0.5, 0.6) is 5.75 Å². The molecule has 1 aliphatic heterocycles. The van der Waals surface area contributed by atoms with Gasteiger partial charge in [-0.2, -0.15) is 4.31 Å². The molecular weight excluding hydrogens is 370 g/mol. The summed E-state index contributed by atoms with van der Waals surface area (Å²) in [6.45, 7) is 4.36. The number of hydrogen-bond acceptors (Lipinski definition) is 6. The number of carbonyl (C=O) groups excluding carboxylic acids is 1. The molecule has 1 saturated heterocycles. The summed E-state index contributed by atoms with van der Waals surface area (Å²) in [5.41, 5.74) is 0.424. The second-order valence-corrected chi connectivity index (χ2v) is 8.18. The fourth-order valence-corrected chi connectivity index (χ4v) is 4.56. The minimum absolute atomic E-state index is 0.0939. The highest BCUT2D eigenvalue weighted by molar-refractivity contribution is 7.89. The molecular formula is C18H29N3O5S. The third kappa shape index (κ3) is 6.17. The predicted octanol–water partition coefficient (Wildman–Crippen LogP) is 1.43. The first-order valence-electron chi connectivity index (χ1n) is 9.25. The Morgan fingerprint density at radius 1 is 1.22 bits per heavy atom. The number of nitrogens with zero attached hydrogens (tertiary/aromatic N) is 1. The molecule has 1 aromatic rings. The van der Waals surface area contributed by atoms with Crippen LogP contribution in [0.4, 0.5) is 5.69 Å². The number of piperidine rings is 1. The van der Waals surface area contributed by atoms with Gasteiger partial charge in [-0.1, -0.05) is 6.42 Å². The van der Waals surface area contributed by atoms with E-state index in [1.807, 2.05) is 0 Å². The molecule has 2 N–H and O–H groups in total. The third-order valence-electron chi connectivity index (χ3n) is 4.23. The lowest BCUT2D eigenvalue weighted by Crippen LogP contribution is -2.36. The number of anilines is 1. The van der Waals surface area contributed by atoms with Gasteiger partial charge >= 0.3 is 0 Å². The summed E-state index contributed by atoms with van der Waals surface area (Å²) < 4.78 is 38.1. The first-order chi connectivity index (χ1) is 13.0. The molecule has 9 heteroatoms. The molecule has 0 aromatic heterocycles. The summed E-state index contributed by atoms with van der Waals surface area (Å²) in [6, 6.07) is 4.71. The van der Waals surface area contributed by atoms with Crippen LogP contribution in [-0.4, -0.2) is 65.1 Å². The lowest BCUT2D eigenvalue weighted by atomic mass is 10.2. The van der Waals surface area contributed by atoms with Crippen molar-refractivity contribution in [1.29, 1.82) is 0 Å². The largest absolute Gasteiger partial charge is 0.492 e. The summed E-state index contributed by atoms with van der Waals surface area (Å²) in [7, 11) is -2.08. The summed E-state index contributed by atoms with van der Waals surface area (Å²) in [5.74, 6) is 0.0517. The van der Waals surface area contributed by atoms with Crippen molar-refractivity contribution in [2.75, 3.05) is 51.8 Å². The van der Waals surface area contributed by atoms with Gasteiger partial charge in [-0.3, -0.25) is 4.79 Å². The standard InChI is InChI=1S/C18H29N3O5S/c1-3-26-16-8-7-15(20-18(22)14-19-9-12-25-2)13-17(16)27(23,24)21-10-5-4-6-11-21/h7-8,13,19H,3-6,9-12,14H2,1-2H3,(H,20,22). The zero-order chi connectivity index (χ0) is 19.7. The third-order valence-corrected chi connectivity index (χ3v) is 6.15. The van der Waals surface area contributed by atoms with E-state index in [-0.39, 0.29) is 17.3 Å². The van der Waals surface area contributed by atoms with Crippen LogP contribution < -0.4 is 15.4 Å². The van der Waals surface area contributed by atoms with Gasteiger partial charge in [0, 0.05) is 32.4 Å². The number of carbonyl (C=O) groups is 1. The Kier molecular flexibility index (Phi) is 8.49. The molecule has 8 nitrogen and oxygen atoms in total. The lowest BCUT2D eigenvalue weighted by Gasteiger charge is -2.27. The zero-order valence-corrected chi connectivity index (χ0v) is 16.8. The quantitative estimate of drug-likeness (QED) is 0.578. The number of sulfonamides is 1. The summed E-state index contributed by atoms with van der Waals surface area (Å²) in [5, 5.41) is 5.67. The monoisotopic (exact) mass is 399 g/mol.